The fourth-order valence-corrected chi connectivity index (χ4v) is 1.71. The normalized spacial score (nSPS) is 10.1. The van der Waals surface area contributed by atoms with E-state index in [1.54, 1.807) is 11.6 Å². The quantitative estimate of drug-likeness (QED) is 0.857. The molecule has 0 saturated carbocycles. The van der Waals surface area contributed by atoms with Crippen LogP contribution in [-0.4, -0.2) is 22.0 Å². The van der Waals surface area contributed by atoms with Gasteiger partial charge in [0.15, 0.2) is 5.76 Å². The third kappa shape index (κ3) is 2.70. The zero-order valence-electron chi connectivity index (χ0n) is 8.54. The molecule has 0 saturated heterocycles. The van der Waals surface area contributed by atoms with E-state index in [0.29, 0.717) is 6.54 Å². The Kier molecular flexibility index (Phi) is 3.20. The van der Waals surface area contributed by atoms with Crippen LogP contribution in [-0.2, 0) is 6.54 Å². The lowest BCUT2D eigenvalue weighted by Gasteiger charge is -1.98. The van der Waals surface area contributed by atoms with Crippen molar-refractivity contribution in [3.05, 3.63) is 40.2 Å². The Hall–Kier alpha value is -2.15. The number of thiazole rings is 1. The molecule has 2 N–H and O–H groups in total. The molecule has 1 amide bonds. The fourth-order valence-electron chi connectivity index (χ4n) is 1.15. The van der Waals surface area contributed by atoms with Crippen molar-refractivity contribution in [2.24, 2.45) is 0 Å². The first-order valence-corrected chi connectivity index (χ1v) is 5.53. The maximum Gasteiger partial charge on any atom is 0.338 e. The van der Waals surface area contributed by atoms with Gasteiger partial charge in [-0.15, -0.1) is 11.3 Å². The number of hydrogen-bond donors (Lipinski definition) is 2. The van der Waals surface area contributed by atoms with Crippen LogP contribution in [0.4, 0.5) is 0 Å². The number of carboxylic acid groups (broad SMARTS) is 1. The van der Waals surface area contributed by atoms with Crippen molar-refractivity contribution in [2.75, 3.05) is 0 Å². The molecule has 0 aliphatic carbocycles. The minimum atomic E-state index is -1.13. The summed E-state index contributed by atoms with van der Waals surface area (Å²) in [5.41, 5.74) is -0.0515. The summed E-state index contributed by atoms with van der Waals surface area (Å²) >= 11 is 1.42. The van der Waals surface area contributed by atoms with Crippen molar-refractivity contribution in [2.45, 2.75) is 6.54 Å². The van der Waals surface area contributed by atoms with Crippen molar-refractivity contribution in [1.82, 2.24) is 10.3 Å². The molecule has 0 spiro atoms. The van der Waals surface area contributed by atoms with E-state index >= 15 is 0 Å². The van der Waals surface area contributed by atoms with Gasteiger partial charge in [-0.3, -0.25) is 4.79 Å². The van der Waals surface area contributed by atoms with E-state index in [1.807, 2.05) is 0 Å². The van der Waals surface area contributed by atoms with E-state index < -0.39 is 11.9 Å². The van der Waals surface area contributed by atoms with Crippen LogP contribution in [0, 0.1) is 0 Å². The molecule has 2 heterocycles. The SMILES string of the molecule is O=C(O)c1coc(C(=O)NCc2nccs2)c1. The molecule has 0 fully saturated rings. The van der Waals surface area contributed by atoms with Crippen LogP contribution in [0.15, 0.2) is 28.3 Å². The van der Waals surface area contributed by atoms with Gasteiger partial charge in [0.05, 0.1) is 12.1 Å². The van der Waals surface area contributed by atoms with Gasteiger partial charge < -0.3 is 14.8 Å². The fraction of sp³-hybridized carbons (Fsp3) is 0.100. The van der Waals surface area contributed by atoms with Crippen molar-refractivity contribution in [1.29, 1.82) is 0 Å². The summed E-state index contributed by atoms with van der Waals surface area (Å²) in [6.45, 7) is 0.291. The number of carbonyl (C=O) groups is 2. The topological polar surface area (TPSA) is 92.4 Å². The molecular weight excluding hydrogens is 244 g/mol. The number of aromatic carboxylic acids is 1. The first-order valence-electron chi connectivity index (χ1n) is 4.65. The lowest BCUT2D eigenvalue weighted by Crippen LogP contribution is -2.22. The molecule has 6 nitrogen and oxygen atoms in total. The summed E-state index contributed by atoms with van der Waals surface area (Å²) in [5, 5.41) is 13.8. The van der Waals surface area contributed by atoms with E-state index in [4.69, 9.17) is 9.52 Å². The molecule has 0 aliphatic rings. The van der Waals surface area contributed by atoms with Crippen LogP contribution in [0.25, 0.3) is 0 Å². The number of aromatic nitrogens is 1. The number of hydrogen-bond acceptors (Lipinski definition) is 5. The Morgan fingerprint density at radius 3 is 2.94 bits per heavy atom. The van der Waals surface area contributed by atoms with Gasteiger partial charge in [0.2, 0.25) is 0 Å². The summed E-state index contributed by atoms with van der Waals surface area (Å²) in [7, 11) is 0. The second-order valence-electron chi connectivity index (χ2n) is 3.11. The van der Waals surface area contributed by atoms with E-state index in [1.165, 1.54) is 17.4 Å². The van der Waals surface area contributed by atoms with Gasteiger partial charge >= 0.3 is 5.97 Å². The smallest absolute Gasteiger partial charge is 0.338 e. The van der Waals surface area contributed by atoms with Crippen molar-refractivity contribution < 1.29 is 19.1 Å². The zero-order valence-corrected chi connectivity index (χ0v) is 9.36. The maximum absolute atomic E-state index is 11.6. The van der Waals surface area contributed by atoms with E-state index in [0.717, 1.165) is 11.3 Å². The molecular formula is C10H8N2O4S. The number of rotatable bonds is 4. The van der Waals surface area contributed by atoms with Crippen molar-refractivity contribution in [3.63, 3.8) is 0 Å². The first-order chi connectivity index (χ1) is 8.16. The molecule has 0 aromatic carbocycles. The van der Waals surface area contributed by atoms with Gasteiger partial charge in [-0.1, -0.05) is 0 Å². The van der Waals surface area contributed by atoms with Crippen molar-refractivity contribution in [3.8, 4) is 0 Å². The average molecular weight is 252 g/mol. The Labute approximate surface area is 99.9 Å². The van der Waals surface area contributed by atoms with Crippen LogP contribution < -0.4 is 5.32 Å². The van der Waals surface area contributed by atoms with Gasteiger partial charge in [-0.25, -0.2) is 9.78 Å². The Morgan fingerprint density at radius 1 is 1.53 bits per heavy atom. The Balaban J connectivity index is 1.97. The molecule has 2 aromatic rings. The summed E-state index contributed by atoms with van der Waals surface area (Å²) in [4.78, 5) is 26.1. The standard InChI is InChI=1S/C10H8N2O4S/c13-9(12-4-8-11-1-2-17-8)7-3-6(5-16-7)10(14)15/h1-3,5H,4H2,(H,12,13)(H,14,15). The number of nitrogens with zero attached hydrogens (tertiary/aromatic N) is 1. The minimum absolute atomic E-state index is 0.0287. The number of nitrogens with one attached hydrogen (secondary N) is 1. The molecule has 88 valence electrons. The van der Waals surface area contributed by atoms with Gasteiger partial charge in [0, 0.05) is 17.6 Å². The molecule has 2 aromatic heterocycles. The highest BCUT2D eigenvalue weighted by Gasteiger charge is 2.14. The zero-order chi connectivity index (χ0) is 12.3. The largest absolute Gasteiger partial charge is 0.478 e. The lowest BCUT2D eigenvalue weighted by atomic mass is 10.3. The van der Waals surface area contributed by atoms with Crippen LogP contribution in [0.1, 0.15) is 25.9 Å². The molecule has 17 heavy (non-hydrogen) atoms. The lowest BCUT2D eigenvalue weighted by molar-refractivity contribution is 0.0696. The Bertz CT molecular complexity index is 532. The highest BCUT2D eigenvalue weighted by atomic mass is 32.1. The average Bonchev–Trinajstić information content (AvgIpc) is 2.96. The predicted molar refractivity (Wildman–Crippen MR) is 59.0 cm³/mol. The van der Waals surface area contributed by atoms with Crippen LogP contribution in [0.3, 0.4) is 0 Å². The second-order valence-corrected chi connectivity index (χ2v) is 4.09. The molecule has 0 unspecified atom stereocenters. The van der Waals surface area contributed by atoms with Gasteiger partial charge in [-0.05, 0) is 0 Å². The van der Waals surface area contributed by atoms with E-state index in [9.17, 15) is 9.59 Å². The highest BCUT2D eigenvalue weighted by molar-refractivity contribution is 7.09. The molecule has 0 bridgehead atoms. The number of carbonyl (C=O) groups excluding carboxylic acids is 1. The van der Waals surface area contributed by atoms with Crippen LogP contribution >= 0.6 is 11.3 Å². The monoisotopic (exact) mass is 252 g/mol. The summed E-state index contributed by atoms with van der Waals surface area (Å²) in [6, 6.07) is 1.18. The maximum atomic E-state index is 11.6. The summed E-state index contributed by atoms with van der Waals surface area (Å²) < 4.78 is 4.85. The number of amides is 1. The first kappa shape index (κ1) is 11.3. The van der Waals surface area contributed by atoms with Gasteiger partial charge in [0.25, 0.3) is 5.91 Å². The molecule has 0 atom stereocenters. The molecule has 0 aliphatic heterocycles. The van der Waals surface area contributed by atoms with Crippen molar-refractivity contribution >= 4 is 23.2 Å². The third-order valence-electron chi connectivity index (χ3n) is 1.95. The minimum Gasteiger partial charge on any atom is -0.478 e. The third-order valence-corrected chi connectivity index (χ3v) is 2.73. The van der Waals surface area contributed by atoms with Gasteiger partial charge in [-0.2, -0.15) is 0 Å². The van der Waals surface area contributed by atoms with E-state index in [-0.39, 0.29) is 11.3 Å². The highest BCUT2D eigenvalue weighted by Crippen LogP contribution is 2.08. The van der Waals surface area contributed by atoms with Crippen LogP contribution in [0.2, 0.25) is 0 Å². The number of furan rings is 1. The summed E-state index contributed by atoms with van der Waals surface area (Å²) in [5.74, 6) is -1.63. The summed E-state index contributed by atoms with van der Waals surface area (Å²) in [6.07, 6.45) is 2.67. The predicted octanol–water partition coefficient (Wildman–Crippen LogP) is 1.36. The second kappa shape index (κ2) is 4.79. The molecule has 7 heteroatoms. The Morgan fingerprint density at radius 2 is 2.35 bits per heavy atom. The number of carboxylic acids is 1. The molecule has 0 radical (unpaired) electrons. The van der Waals surface area contributed by atoms with E-state index in [2.05, 4.69) is 10.3 Å². The van der Waals surface area contributed by atoms with Crippen LogP contribution in [0.5, 0.6) is 0 Å². The molecule has 2 rings (SSSR count). The van der Waals surface area contributed by atoms with Gasteiger partial charge in [0.1, 0.15) is 11.3 Å².